The Bertz CT molecular complexity index is 95.0. The van der Waals surface area contributed by atoms with Crippen LogP contribution in [0.25, 0.3) is 0 Å². The van der Waals surface area contributed by atoms with Crippen molar-refractivity contribution in [1.29, 1.82) is 0 Å². The van der Waals surface area contributed by atoms with Crippen molar-refractivity contribution in [3.63, 3.8) is 0 Å². The summed E-state index contributed by atoms with van der Waals surface area (Å²) in [6.07, 6.45) is 0. The molecule has 9 heavy (non-hydrogen) atoms. The Balaban J connectivity index is 3.27. The highest BCUT2D eigenvalue weighted by Gasteiger charge is 1.99. The molecule has 54 valence electrons. The number of likely N-dealkylation sites (N-methyl/N-ethyl adjacent to an activating group) is 1. The average molecular weight is 148 g/mol. The van der Waals surface area contributed by atoms with Crippen LogP contribution in [0, 0.1) is 0 Å². The SMILES string of the molecule is CNCC(=O)NC(C)S. The van der Waals surface area contributed by atoms with Gasteiger partial charge < -0.3 is 10.6 Å². The summed E-state index contributed by atoms with van der Waals surface area (Å²) < 4.78 is 0. The van der Waals surface area contributed by atoms with Gasteiger partial charge in [-0.05, 0) is 14.0 Å². The van der Waals surface area contributed by atoms with Crippen LogP contribution in [0.5, 0.6) is 0 Å². The van der Waals surface area contributed by atoms with Crippen LogP contribution in [0.15, 0.2) is 0 Å². The number of nitrogens with one attached hydrogen (secondary N) is 2. The van der Waals surface area contributed by atoms with Gasteiger partial charge in [0, 0.05) is 0 Å². The lowest BCUT2D eigenvalue weighted by molar-refractivity contribution is -0.120. The highest BCUT2D eigenvalue weighted by atomic mass is 32.1. The summed E-state index contributed by atoms with van der Waals surface area (Å²) in [4.78, 5) is 10.6. The van der Waals surface area contributed by atoms with E-state index in [0.29, 0.717) is 6.54 Å². The summed E-state index contributed by atoms with van der Waals surface area (Å²) in [5.41, 5.74) is 0. The molecule has 0 aromatic rings. The highest BCUT2D eigenvalue weighted by Crippen LogP contribution is 1.83. The van der Waals surface area contributed by atoms with Gasteiger partial charge in [0.2, 0.25) is 5.91 Å². The molecule has 3 nitrogen and oxygen atoms in total. The van der Waals surface area contributed by atoms with Crippen molar-refractivity contribution in [2.24, 2.45) is 0 Å². The quantitative estimate of drug-likeness (QED) is 0.376. The predicted molar refractivity (Wildman–Crippen MR) is 40.5 cm³/mol. The number of amides is 1. The van der Waals surface area contributed by atoms with Gasteiger partial charge in [0.05, 0.1) is 11.9 Å². The molecule has 0 saturated heterocycles. The maximum atomic E-state index is 10.6. The zero-order valence-electron chi connectivity index (χ0n) is 5.64. The molecular formula is C5H12N2OS. The first-order valence-corrected chi connectivity index (χ1v) is 3.30. The second-order valence-electron chi connectivity index (χ2n) is 1.77. The molecule has 0 fully saturated rings. The maximum Gasteiger partial charge on any atom is 0.234 e. The lowest BCUT2D eigenvalue weighted by Crippen LogP contribution is -2.35. The van der Waals surface area contributed by atoms with Crippen LogP contribution in [0.2, 0.25) is 0 Å². The molecule has 4 heteroatoms. The highest BCUT2D eigenvalue weighted by molar-refractivity contribution is 7.80. The van der Waals surface area contributed by atoms with Gasteiger partial charge in [0.1, 0.15) is 0 Å². The molecule has 1 unspecified atom stereocenters. The van der Waals surface area contributed by atoms with Gasteiger partial charge in [0.15, 0.2) is 0 Å². The van der Waals surface area contributed by atoms with Crippen molar-refractivity contribution in [3.05, 3.63) is 0 Å². The Morgan fingerprint density at radius 2 is 2.33 bits per heavy atom. The number of thiol groups is 1. The summed E-state index contributed by atoms with van der Waals surface area (Å²) >= 11 is 3.97. The lowest BCUT2D eigenvalue weighted by Gasteiger charge is -2.05. The summed E-state index contributed by atoms with van der Waals surface area (Å²) in [7, 11) is 1.72. The van der Waals surface area contributed by atoms with Crippen LogP contribution in [0.3, 0.4) is 0 Å². The van der Waals surface area contributed by atoms with E-state index in [9.17, 15) is 4.79 Å². The molecule has 1 amide bonds. The van der Waals surface area contributed by atoms with Crippen molar-refractivity contribution >= 4 is 18.5 Å². The van der Waals surface area contributed by atoms with Gasteiger partial charge >= 0.3 is 0 Å². The molecule has 0 aliphatic carbocycles. The molecular weight excluding hydrogens is 136 g/mol. The fraction of sp³-hybridized carbons (Fsp3) is 0.800. The topological polar surface area (TPSA) is 41.1 Å². The minimum Gasteiger partial charge on any atom is -0.344 e. The van der Waals surface area contributed by atoms with E-state index in [-0.39, 0.29) is 11.3 Å². The molecule has 0 heterocycles. The van der Waals surface area contributed by atoms with Crippen molar-refractivity contribution in [2.75, 3.05) is 13.6 Å². The van der Waals surface area contributed by atoms with Gasteiger partial charge in [-0.15, -0.1) is 0 Å². The van der Waals surface area contributed by atoms with E-state index < -0.39 is 0 Å². The van der Waals surface area contributed by atoms with Gasteiger partial charge in [-0.3, -0.25) is 4.79 Å². The molecule has 0 aromatic heterocycles. The van der Waals surface area contributed by atoms with Crippen molar-refractivity contribution < 1.29 is 4.79 Å². The fourth-order valence-electron chi connectivity index (χ4n) is 0.445. The van der Waals surface area contributed by atoms with Crippen molar-refractivity contribution in [1.82, 2.24) is 10.6 Å². The van der Waals surface area contributed by atoms with Crippen LogP contribution < -0.4 is 10.6 Å². The van der Waals surface area contributed by atoms with Crippen LogP contribution in [0.4, 0.5) is 0 Å². The maximum absolute atomic E-state index is 10.6. The molecule has 0 aliphatic heterocycles. The first kappa shape index (κ1) is 8.78. The standard InChI is InChI=1S/C5H12N2OS/c1-4(9)7-5(8)3-6-2/h4,6,9H,3H2,1-2H3,(H,7,8). The Kier molecular flexibility index (Phi) is 4.53. The largest absolute Gasteiger partial charge is 0.344 e. The normalized spacial score (nSPS) is 12.8. The molecule has 0 bridgehead atoms. The van der Waals surface area contributed by atoms with Gasteiger partial charge in [-0.2, -0.15) is 12.6 Å². The Hall–Kier alpha value is -0.220. The third-order valence-electron chi connectivity index (χ3n) is 0.707. The van der Waals surface area contributed by atoms with E-state index in [1.54, 1.807) is 14.0 Å². The van der Waals surface area contributed by atoms with Crippen LogP contribution in [-0.4, -0.2) is 24.9 Å². The molecule has 1 atom stereocenters. The second-order valence-corrected chi connectivity index (χ2v) is 2.55. The lowest BCUT2D eigenvalue weighted by atomic mass is 10.5. The van der Waals surface area contributed by atoms with E-state index in [4.69, 9.17) is 0 Å². The number of hydrogen-bond donors (Lipinski definition) is 3. The zero-order valence-corrected chi connectivity index (χ0v) is 6.53. The van der Waals surface area contributed by atoms with Crippen LogP contribution in [-0.2, 0) is 4.79 Å². The average Bonchev–Trinajstić information content (AvgIpc) is 1.63. The van der Waals surface area contributed by atoms with E-state index in [1.165, 1.54) is 0 Å². The molecule has 2 N–H and O–H groups in total. The smallest absolute Gasteiger partial charge is 0.234 e. The first-order valence-electron chi connectivity index (χ1n) is 2.79. The van der Waals surface area contributed by atoms with Crippen molar-refractivity contribution in [3.8, 4) is 0 Å². The monoisotopic (exact) mass is 148 g/mol. The van der Waals surface area contributed by atoms with E-state index in [2.05, 4.69) is 23.3 Å². The molecule has 0 rings (SSSR count). The number of carbonyl (C=O) groups excluding carboxylic acids is 1. The van der Waals surface area contributed by atoms with Crippen LogP contribution in [0.1, 0.15) is 6.92 Å². The number of hydrogen-bond acceptors (Lipinski definition) is 3. The zero-order chi connectivity index (χ0) is 7.28. The summed E-state index contributed by atoms with van der Waals surface area (Å²) in [6.45, 7) is 2.15. The number of carbonyl (C=O) groups is 1. The van der Waals surface area contributed by atoms with Gasteiger partial charge in [0.25, 0.3) is 0 Å². The number of rotatable bonds is 3. The van der Waals surface area contributed by atoms with E-state index >= 15 is 0 Å². The molecule has 0 aromatic carbocycles. The first-order chi connectivity index (χ1) is 4.16. The molecule has 0 spiro atoms. The third-order valence-corrected chi connectivity index (χ3v) is 0.836. The Morgan fingerprint density at radius 1 is 1.78 bits per heavy atom. The van der Waals surface area contributed by atoms with Gasteiger partial charge in [-0.25, -0.2) is 0 Å². The summed E-state index contributed by atoms with van der Waals surface area (Å²) in [5, 5.41) is 5.27. The van der Waals surface area contributed by atoms with Crippen LogP contribution >= 0.6 is 12.6 Å². The minimum atomic E-state index is -0.0640. The third kappa shape index (κ3) is 5.65. The minimum absolute atomic E-state index is 0.0278. The van der Waals surface area contributed by atoms with Gasteiger partial charge in [-0.1, -0.05) is 0 Å². The van der Waals surface area contributed by atoms with Crippen molar-refractivity contribution in [2.45, 2.75) is 12.3 Å². The van der Waals surface area contributed by atoms with E-state index in [1.807, 2.05) is 0 Å². The Morgan fingerprint density at radius 3 is 2.67 bits per heavy atom. The second kappa shape index (κ2) is 4.64. The van der Waals surface area contributed by atoms with E-state index in [0.717, 1.165) is 0 Å². The fourth-order valence-corrected chi connectivity index (χ4v) is 0.589. The predicted octanol–water partition coefficient (Wildman–Crippen LogP) is -0.402. The molecule has 0 aliphatic rings. The molecule has 0 radical (unpaired) electrons. The summed E-state index contributed by atoms with van der Waals surface area (Å²) in [6, 6.07) is 0. The summed E-state index contributed by atoms with van der Waals surface area (Å²) in [5.74, 6) is -0.0278. The molecule has 0 saturated carbocycles. The Labute approximate surface area is 60.6 Å².